The number of nitrogens with zero attached hydrogens (tertiary/aromatic N) is 2. The smallest absolute Gasteiger partial charge is 0.184 e. The summed E-state index contributed by atoms with van der Waals surface area (Å²) in [5.41, 5.74) is 8.91. The summed E-state index contributed by atoms with van der Waals surface area (Å²) >= 11 is 0. The molecule has 0 aromatic heterocycles. The third kappa shape index (κ3) is 8.68. The molecule has 0 aliphatic rings. The molecule has 0 heterocycles. The lowest BCUT2D eigenvalue weighted by atomic mass is 10.1. The summed E-state index contributed by atoms with van der Waals surface area (Å²) in [7, 11) is -1.79. The fourth-order valence-electron chi connectivity index (χ4n) is 3.32. The van der Waals surface area contributed by atoms with E-state index in [4.69, 9.17) is 15.3 Å². The second kappa shape index (κ2) is 14.0. The van der Waals surface area contributed by atoms with E-state index in [0.717, 1.165) is 12.8 Å². The van der Waals surface area contributed by atoms with Crippen molar-refractivity contribution in [2.45, 2.75) is 56.1 Å². The van der Waals surface area contributed by atoms with E-state index in [-0.39, 0.29) is 16.3 Å². The standard InChI is InChI=1S/C24H35N3O4S/c1-3-4-5-6-7-11-17-30-31-18-16-27(2)22-14-15-23(26-25)24(19-22)32(28,29)20-21-12-9-8-10-13-21/h8-10,12-15,19,25H,3-7,11,16-18,20H2,1-2H3. The van der Waals surface area contributed by atoms with Gasteiger partial charge in [0.25, 0.3) is 0 Å². The first-order valence-electron chi connectivity index (χ1n) is 11.2. The Balaban J connectivity index is 1.87. The van der Waals surface area contributed by atoms with Crippen molar-refractivity contribution in [3.8, 4) is 0 Å². The Morgan fingerprint density at radius 3 is 2.34 bits per heavy atom. The summed E-state index contributed by atoms with van der Waals surface area (Å²) in [6.07, 6.45) is 7.18. The van der Waals surface area contributed by atoms with Crippen molar-refractivity contribution in [1.82, 2.24) is 0 Å². The van der Waals surface area contributed by atoms with Crippen LogP contribution in [0.25, 0.3) is 0 Å². The second-order valence-corrected chi connectivity index (χ2v) is 9.80. The minimum absolute atomic E-state index is 0.0564. The van der Waals surface area contributed by atoms with Crippen LogP contribution in [0.5, 0.6) is 0 Å². The SMILES string of the molecule is CCCCCCCCOOCCN(C)c1ccc(N=N)c(S(=O)(=O)Cc2ccccc2)c1. The van der Waals surface area contributed by atoms with E-state index in [9.17, 15) is 8.42 Å². The molecule has 1 N–H and O–H groups in total. The lowest BCUT2D eigenvalue weighted by molar-refractivity contribution is -0.292. The molecule has 7 nitrogen and oxygen atoms in total. The van der Waals surface area contributed by atoms with Crippen LogP contribution in [0.4, 0.5) is 11.4 Å². The molecule has 0 unspecified atom stereocenters. The number of nitrogens with one attached hydrogen (secondary N) is 1. The van der Waals surface area contributed by atoms with Gasteiger partial charge in [0.1, 0.15) is 5.69 Å². The van der Waals surface area contributed by atoms with Crippen molar-refractivity contribution in [2.24, 2.45) is 5.11 Å². The first-order chi connectivity index (χ1) is 15.5. The molecule has 0 saturated heterocycles. The van der Waals surface area contributed by atoms with Crippen molar-refractivity contribution in [3.05, 3.63) is 54.1 Å². The summed E-state index contributed by atoms with van der Waals surface area (Å²) in [5, 5.41) is 3.41. The van der Waals surface area contributed by atoms with Gasteiger partial charge in [0.15, 0.2) is 9.84 Å². The zero-order chi connectivity index (χ0) is 23.2. The molecule has 0 spiro atoms. The summed E-state index contributed by atoms with van der Waals surface area (Å²) in [4.78, 5) is 12.5. The molecule has 2 aromatic carbocycles. The highest BCUT2D eigenvalue weighted by Gasteiger charge is 2.21. The van der Waals surface area contributed by atoms with Gasteiger partial charge in [0.2, 0.25) is 0 Å². The number of benzene rings is 2. The van der Waals surface area contributed by atoms with Crippen molar-refractivity contribution in [3.63, 3.8) is 0 Å². The first-order valence-corrected chi connectivity index (χ1v) is 12.9. The normalized spacial score (nSPS) is 11.4. The molecular weight excluding hydrogens is 426 g/mol. The Bertz CT molecular complexity index is 920. The molecule has 0 aliphatic carbocycles. The van der Waals surface area contributed by atoms with Crippen LogP contribution in [0.1, 0.15) is 51.0 Å². The number of unbranched alkanes of at least 4 members (excludes halogenated alkanes) is 5. The molecule has 0 atom stereocenters. The highest BCUT2D eigenvalue weighted by Crippen LogP contribution is 2.31. The number of likely N-dealkylation sites (N-methyl/N-ethyl adjacent to an activating group) is 1. The monoisotopic (exact) mass is 461 g/mol. The van der Waals surface area contributed by atoms with E-state index in [1.165, 1.54) is 25.7 Å². The van der Waals surface area contributed by atoms with Crippen LogP contribution >= 0.6 is 0 Å². The van der Waals surface area contributed by atoms with Gasteiger partial charge < -0.3 is 4.90 Å². The van der Waals surface area contributed by atoms with E-state index in [1.807, 2.05) is 18.0 Å². The molecule has 0 fully saturated rings. The van der Waals surface area contributed by atoms with Gasteiger partial charge in [-0.2, -0.15) is 5.11 Å². The molecular formula is C24H35N3O4S. The number of hydrogen-bond acceptors (Lipinski definition) is 7. The van der Waals surface area contributed by atoms with Crippen LogP contribution in [-0.2, 0) is 25.4 Å². The lowest BCUT2D eigenvalue weighted by Crippen LogP contribution is -2.23. The number of hydrogen-bond donors (Lipinski definition) is 1. The van der Waals surface area contributed by atoms with E-state index in [0.29, 0.717) is 31.0 Å². The molecule has 176 valence electrons. The zero-order valence-electron chi connectivity index (χ0n) is 19.1. The third-order valence-corrected chi connectivity index (χ3v) is 6.92. The van der Waals surface area contributed by atoms with Crippen LogP contribution in [-0.4, -0.2) is 35.2 Å². The fraction of sp³-hybridized carbons (Fsp3) is 0.500. The molecule has 0 saturated carbocycles. The van der Waals surface area contributed by atoms with Gasteiger partial charge in [-0.3, -0.25) is 0 Å². The van der Waals surface area contributed by atoms with Crippen LogP contribution in [0.3, 0.4) is 0 Å². The van der Waals surface area contributed by atoms with Gasteiger partial charge in [0, 0.05) is 19.3 Å². The van der Waals surface area contributed by atoms with Crippen molar-refractivity contribution < 1.29 is 18.2 Å². The maximum Gasteiger partial charge on any atom is 0.184 e. The maximum atomic E-state index is 13.0. The Kier molecular flexibility index (Phi) is 11.3. The van der Waals surface area contributed by atoms with Crippen LogP contribution < -0.4 is 4.90 Å². The Morgan fingerprint density at radius 2 is 1.62 bits per heavy atom. The van der Waals surface area contributed by atoms with Gasteiger partial charge in [-0.15, -0.1) is 0 Å². The predicted molar refractivity (Wildman–Crippen MR) is 127 cm³/mol. The van der Waals surface area contributed by atoms with Crippen molar-refractivity contribution in [2.75, 3.05) is 31.7 Å². The number of rotatable bonds is 16. The molecule has 2 aromatic rings. The van der Waals surface area contributed by atoms with Gasteiger partial charge in [-0.05, 0) is 30.2 Å². The highest BCUT2D eigenvalue weighted by atomic mass is 32.2. The topological polar surface area (TPSA) is 92.1 Å². The van der Waals surface area contributed by atoms with E-state index >= 15 is 0 Å². The largest absolute Gasteiger partial charge is 0.372 e. The molecule has 0 amide bonds. The Morgan fingerprint density at radius 1 is 0.938 bits per heavy atom. The second-order valence-electron chi connectivity index (χ2n) is 7.84. The minimum atomic E-state index is -3.65. The summed E-state index contributed by atoms with van der Waals surface area (Å²) < 4.78 is 26.0. The quantitative estimate of drug-likeness (QED) is 0.142. The van der Waals surface area contributed by atoms with Gasteiger partial charge in [-0.1, -0.05) is 69.4 Å². The third-order valence-electron chi connectivity index (χ3n) is 5.21. The molecule has 0 radical (unpaired) electrons. The Hall–Kier alpha value is -2.29. The number of anilines is 1. The van der Waals surface area contributed by atoms with Crippen LogP contribution in [0, 0.1) is 5.53 Å². The van der Waals surface area contributed by atoms with Crippen molar-refractivity contribution in [1.29, 1.82) is 5.53 Å². The zero-order valence-corrected chi connectivity index (χ0v) is 19.9. The molecule has 2 rings (SSSR count). The van der Waals surface area contributed by atoms with E-state index < -0.39 is 9.84 Å². The van der Waals surface area contributed by atoms with Crippen molar-refractivity contribution >= 4 is 21.2 Å². The fourth-order valence-corrected chi connectivity index (χ4v) is 4.84. The maximum absolute atomic E-state index is 13.0. The summed E-state index contributed by atoms with van der Waals surface area (Å²) in [6, 6.07) is 13.9. The number of sulfone groups is 1. The first kappa shape index (κ1) is 26.0. The van der Waals surface area contributed by atoms with Crippen LogP contribution in [0.15, 0.2) is 58.5 Å². The van der Waals surface area contributed by atoms with Crippen LogP contribution in [0.2, 0.25) is 0 Å². The molecule has 0 bridgehead atoms. The van der Waals surface area contributed by atoms with E-state index in [2.05, 4.69) is 12.0 Å². The van der Waals surface area contributed by atoms with Gasteiger partial charge in [-0.25, -0.2) is 23.7 Å². The Labute approximate surface area is 192 Å². The van der Waals surface area contributed by atoms with Gasteiger partial charge >= 0.3 is 0 Å². The average molecular weight is 462 g/mol. The molecule has 0 aliphatic heterocycles. The lowest BCUT2D eigenvalue weighted by Gasteiger charge is -2.20. The average Bonchev–Trinajstić information content (AvgIpc) is 2.80. The summed E-state index contributed by atoms with van der Waals surface area (Å²) in [6.45, 7) is 3.68. The minimum Gasteiger partial charge on any atom is -0.372 e. The summed E-state index contributed by atoms with van der Waals surface area (Å²) in [5.74, 6) is -0.140. The van der Waals surface area contributed by atoms with E-state index in [1.54, 1.807) is 42.5 Å². The molecule has 32 heavy (non-hydrogen) atoms. The molecule has 8 heteroatoms. The predicted octanol–water partition coefficient (Wildman–Crippen LogP) is 6.07. The highest BCUT2D eigenvalue weighted by molar-refractivity contribution is 7.90. The van der Waals surface area contributed by atoms with Gasteiger partial charge in [0.05, 0.1) is 23.9 Å².